The summed E-state index contributed by atoms with van der Waals surface area (Å²) in [7, 11) is 1.26. The highest BCUT2D eigenvalue weighted by atomic mass is 79.9. The SMILES string of the molecule is CCOc1cc(/C=C2\SC(=O)N(CC(=O)N3CCN(c4ccccc4)CC3)C2=O)cc(Br)c1OCC(=O)OC. The molecule has 2 heterocycles. The van der Waals surface area contributed by atoms with Crippen LogP contribution in [-0.2, 0) is 19.1 Å². The number of thioether (sulfide) groups is 1. The standard InChI is InChI=1S/C27H28BrN3O7S/c1-3-37-21-14-18(13-20(28)25(21)38-17-24(33)36-2)15-22-26(34)31(27(35)39-22)16-23(32)30-11-9-29(10-12-30)19-7-5-4-6-8-19/h4-8,13-15H,3,9-12,16-17H2,1-2H3/b22-15-. The molecule has 4 rings (SSSR count). The number of para-hydroxylation sites is 1. The minimum atomic E-state index is -0.547. The Labute approximate surface area is 239 Å². The van der Waals surface area contributed by atoms with Gasteiger partial charge >= 0.3 is 5.97 Å². The Kier molecular flexibility index (Phi) is 9.52. The third-order valence-corrected chi connectivity index (χ3v) is 7.61. The number of carbonyl (C=O) groups excluding carboxylic acids is 4. The molecule has 12 heteroatoms. The van der Waals surface area contributed by atoms with E-state index >= 15 is 0 Å². The molecule has 10 nitrogen and oxygen atoms in total. The first-order valence-electron chi connectivity index (χ1n) is 12.3. The lowest BCUT2D eigenvalue weighted by atomic mass is 10.2. The quantitative estimate of drug-likeness (QED) is 0.307. The van der Waals surface area contributed by atoms with Gasteiger partial charge in [-0.1, -0.05) is 18.2 Å². The van der Waals surface area contributed by atoms with Gasteiger partial charge in [0.25, 0.3) is 11.1 Å². The van der Waals surface area contributed by atoms with Gasteiger partial charge in [-0.25, -0.2) is 4.79 Å². The number of benzene rings is 2. The highest BCUT2D eigenvalue weighted by Gasteiger charge is 2.37. The molecule has 2 aliphatic rings. The summed E-state index contributed by atoms with van der Waals surface area (Å²) in [6.07, 6.45) is 1.56. The predicted molar refractivity (Wildman–Crippen MR) is 151 cm³/mol. The van der Waals surface area contributed by atoms with Crippen molar-refractivity contribution < 1.29 is 33.4 Å². The van der Waals surface area contributed by atoms with Crippen molar-refractivity contribution >= 4 is 62.5 Å². The van der Waals surface area contributed by atoms with Gasteiger partial charge in [0.2, 0.25) is 5.91 Å². The van der Waals surface area contributed by atoms with E-state index in [0.717, 1.165) is 22.3 Å². The fraction of sp³-hybridized carbons (Fsp3) is 0.333. The largest absolute Gasteiger partial charge is 0.490 e. The lowest BCUT2D eigenvalue weighted by molar-refractivity contribution is -0.143. The summed E-state index contributed by atoms with van der Waals surface area (Å²) in [5, 5.41) is -0.496. The number of esters is 1. The Hall–Kier alpha value is -3.51. The van der Waals surface area contributed by atoms with Gasteiger partial charge < -0.3 is 24.0 Å². The number of piperazine rings is 1. The van der Waals surface area contributed by atoms with Crippen LogP contribution in [0.2, 0.25) is 0 Å². The van der Waals surface area contributed by atoms with Gasteiger partial charge in [-0.15, -0.1) is 0 Å². The van der Waals surface area contributed by atoms with Crippen LogP contribution in [0.5, 0.6) is 11.5 Å². The number of anilines is 1. The van der Waals surface area contributed by atoms with Crippen molar-refractivity contribution in [3.8, 4) is 11.5 Å². The van der Waals surface area contributed by atoms with E-state index in [1.807, 2.05) is 30.3 Å². The zero-order valence-electron chi connectivity index (χ0n) is 21.6. The Morgan fingerprint density at radius 2 is 1.77 bits per heavy atom. The van der Waals surface area contributed by atoms with Crippen LogP contribution in [0.4, 0.5) is 10.5 Å². The molecular formula is C27H28BrN3O7S. The molecule has 0 unspecified atom stereocenters. The van der Waals surface area contributed by atoms with Crippen molar-refractivity contribution in [1.29, 1.82) is 0 Å². The summed E-state index contributed by atoms with van der Waals surface area (Å²) in [5.41, 5.74) is 1.67. The number of methoxy groups -OCH3 is 1. The highest BCUT2D eigenvalue weighted by Crippen LogP contribution is 2.39. The molecule has 0 spiro atoms. The number of ether oxygens (including phenoxy) is 3. The van der Waals surface area contributed by atoms with E-state index in [2.05, 4.69) is 25.6 Å². The lowest BCUT2D eigenvalue weighted by Crippen LogP contribution is -2.51. The number of hydrogen-bond acceptors (Lipinski definition) is 9. The summed E-state index contributed by atoms with van der Waals surface area (Å²) < 4.78 is 16.3. The van der Waals surface area contributed by atoms with Crippen molar-refractivity contribution in [2.75, 3.05) is 57.9 Å². The number of amides is 3. The van der Waals surface area contributed by atoms with Crippen LogP contribution in [0.3, 0.4) is 0 Å². The predicted octanol–water partition coefficient (Wildman–Crippen LogP) is 3.78. The molecule has 0 atom stereocenters. The molecule has 0 saturated carbocycles. The van der Waals surface area contributed by atoms with Crippen LogP contribution in [0.15, 0.2) is 51.8 Å². The third kappa shape index (κ3) is 6.93. The first-order chi connectivity index (χ1) is 18.8. The first kappa shape index (κ1) is 28.5. The van der Waals surface area contributed by atoms with E-state index in [1.165, 1.54) is 7.11 Å². The molecule has 0 N–H and O–H groups in total. The smallest absolute Gasteiger partial charge is 0.343 e. The van der Waals surface area contributed by atoms with Gasteiger partial charge in [-0.2, -0.15) is 0 Å². The highest BCUT2D eigenvalue weighted by molar-refractivity contribution is 9.10. The van der Waals surface area contributed by atoms with Gasteiger partial charge in [-0.3, -0.25) is 19.3 Å². The topological polar surface area (TPSA) is 106 Å². The van der Waals surface area contributed by atoms with Crippen molar-refractivity contribution in [1.82, 2.24) is 9.80 Å². The maximum absolute atomic E-state index is 13.1. The fourth-order valence-corrected chi connectivity index (χ4v) is 5.55. The van der Waals surface area contributed by atoms with Crippen molar-refractivity contribution in [3.05, 3.63) is 57.4 Å². The summed E-state index contributed by atoms with van der Waals surface area (Å²) in [6.45, 7) is 3.90. The van der Waals surface area contributed by atoms with Crippen LogP contribution in [0, 0.1) is 0 Å². The maximum atomic E-state index is 13.1. The second kappa shape index (κ2) is 13.0. The van der Waals surface area contributed by atoms with Gasteiger partial charge in [0.15, 0.2) is 18.1 Å². The monoisotopic (exact) mass is 617 g/mol. The molecular weight excluding hydrogens is 590 g/mol. The first-order valence-corrected chi connectivity index (χ1v) is 13.9. The van der Waals surface area contributed by atoms with E-state index in [0.29, 0.717) is 54.3 Å². The summed E-state index contributed by atoms with van der Waals surface area (Å²) in [6, 6.07) is 13.3. The van der Waals surface area contributed by atoms with E-state index in [1.54, 1.807) is 30.0 Å². The Morgan fingerprint density at radius 3 is 2.44 bits per heavy atom. The van der Waals surface area contributed by atoms with E-state index in [9.17, 15) is 19.2 Å². The van der Waals surface area contributed by atoms with Crippen LogP contribution >= 0.6 is 27.7 Å². The Morgan fingerprint density at radius 1 is 1.05 bits per heavy atom. The maximum Gasteiger partial charge on any atom is 0.343 e. The molecule has 0 aliphatic carbocycles. The number of halogens is 1. The minimum Gasteiger partial charge on any atom is -0.490 e. The van der Waals surface area contributed by atoms with Crippen LogP contribution < -0.4 is 14.4 Å². The number of carbonyl (C=O) groups is 4. The molecule has 206 valence electrons. The average Bonchev–Trinajstić information content (AvgIpc) is 3.20. The van der Waals surface area contributed by atoms with Crippen molar-refractivity contribution in [2.45, 2.75) is 6.92 Å². The molecule has 0 bridgehead atoms. The van der Waals surface area contributed by atoms with Crippen LogP contribution in [0.25, 0.3) is 6.08 Å². The van der Waals surface area contributed by atoms with Gasteiger partial charge in [0.05, 0.1) is 23.1 Å². The minimum absolute atomic E-state index is 0.194. The summed E-state index contributed by atoms with van der Waals surface area (Å²) in [5.74, 6) is -0.674. The number of hydrogen-bond donors (Lipinski definition) is 0. The Bertz CT molecular complexity index is 1280. The fourth-order valence-electron chi connectivity index (χ4n) is 4.14. The average molecular weight is 619 g/mol. The number of nitrogens with zero attached hydrogens (tertiary/aromatic N) is 3. The lowest BCUT2D eigenvalue weighted by Gasteiger charge is -2.36. The van der Waals surface area contributed by atoms with E-state index in [4.69, 9.17) is 9.47 Å². The van der Waals surface area contributed by atoms with Gasteiger partial charge in [-0.05, 0) is 70.5 Å². The number of rotatable bonds is 9. The molecule has 2 fully saturated rings. The van der Waals surface area contributed by atoms with Crippen LogP contribution in [0.1, 0.15) is 12.5 Å². The normalized spacial score (nSPS) is 16.6. The molecule has 39 heavy (non-hydrogen) atoms. The Balaban J connectivity index is 1.41. The molecule has 2 aliphatic heterocycles. The molecule has 2 aromatic rings. The third-order valence-electron chi connectivity index (χ3n) is 6.11. The molecule has 0 radical (unpaired) electrons. The van der Waals surface area contributed by atoms with Crippen molar-refractivity contribution in [3.63, 3.8) is 0 Å². The van der Waals surface area contributed by atoms with E-state index < -0.39 is 17.1 Å². The molecule has 2 saturated heterocycles. The van der Waals surface area contributed by atoms with Crippen LogP contribution in [-0.4, -0.2) is 85.9 Å². The zero-order chi connectivity index (χ0) is 27.9. The summed E-state index contributed by atoms with van der Waals surface area (Å²) >= 11 is 4.20. The molecule has 2 aromatic carbocycles. The van der Waals surface area contributed by atoms with Gasteiger partial charge in [0.1, 0.15) is 6.54 Å². The second-order valence-electron chi connectivity index (χ2n) is 8.60. The summed E-state index contributed by atoms with van der Waals surface area (Å²) in [4.78, 5) is 55.2. The van der Waals surface area contributed by atoms with E-state index in [-0.39, 0.29) is 24.0 Å². The number of imide groups is 1. The van der Waals surface area contributed by atoms with Gasteiger partial charge in [0, 0.05) is 31.9 Å². The molecule has 3 amide bonds. The molecule has 0 aromatic heterocycles. The second-order valence-corrected chi connectivity index (χ2v) is 10.4. The van der Waals surface area contributed by atoms with Crippen molar-refractivity contribution in [2.24, 2.45) is 0 Å². The zero-order valence-corrected chi connectivity index (χ0v) is 24.0.